The molecule has 132 valence electrons. The SMILES string of the molecule is Cc1cccc(CNc2cc(C(=O)Nc3ccc(F)c(Cl)c3)ccn2)c1. The summed E-state index contributed by atoms with van der Waals surface area (Å²) in [5, 5.41) is 5.85. The third-order valence-electron chi connectivity index (χ3n) is 3.76. The average Bonchev–Trinajstić information content (AvgIpc) is 2.63. The molecule has 1 heterocycles. The smallest absolute Gasteiger partial charge is 0.255 e. The summed E-state index contributed by atoms with van der Waals surface area (Å²) in [5.74, 6) is -0.263. The second kappa shape index (κ2) is 7.97. The van der Waals surface area contributed by atoms with Gasteiger partial charge in [0.1, 0.15) is 11.6 Å². The Labute approximate surface area is 156 Å². The van der Waals surface area contributed by atoms with Crippen molar-refractivity contribution in [2.24, 2.45) is 0 Å². The predicted molar refractivity (Wildman–Crippen MR) is 102 cm³/mol. The molecule has 0 aliphatic heterocycles. The van der Waals surface area contributed by atoms with Crippen LogP contribution in [0.3, 0.4) is 0 Å². The number of halogens is 2. The molecule has 0 aliphatic carbocycles. The number of amides is 1. The number of aryl methyl sites for hydroxylation is 1. The maximum Gasteiger partial charge on any atom is 0.255 e. The molecule has 0 atom stereocenters. The van der Waals surface area contributed by atoms with Gasteiger partial charge in [-0.05, 0) is 42.8 Å². The van der Waals surface area contributed by atoms with Crippen LogP contribution in [0.2, 0.25) is 5.02 Å². The van der Waals surface area contributed by atoms with Crippen LogP contribution in [0.4, 0.5) is 15.9 Å². The molecule has 3 aromatic rings. The summed E-state index contributed by atoms with van der Waals surface area (Å²) in [6.07, 6.45) is 1.56. The molecule has 0 bridgehead atoms. The Morgan fingerprint density at radius 2 is 2.00 bits per heavy atom. The Morgan fingerprint density at radius 1 is 1.15 bits per heavy atom. The number of hydrogen-bond donors (Lipinski definition) is 2. The summed E-state index contributed by atoms with van der Waals surface area (Å²) in [7, 11) is 0. The number of benzene rings is 2. The highest BCUT2D eigenvalue weighted by Crippen LogP contribution is 2.20. The number of aromatic nitrogens is 1. The van der Waals surface area contributed by atoms with Crippen molar-refractivity contribution >= 4 is 29.0 Å². The lowest BCUT2D eigenvalue weighted by molar-refractivity contribution is 0.102. The van der Waals surface area contributed by atoms with Gasteiger partial charge < -0.3 is 10.6 Å². The molecule has 0 spiro atoms. The van der Waals surface area contributed by atoms with E-state index in [1.54, 1.807) is 18.3 Å². The molecule has 0 radical (unpaired) electrons. The second-order valence-corrected chi connectivity index (χ2v) is 6.26. The summed E-state index contributed by atoms with van der Waals surface area (Å²) in [6, 6.07) is 15.4. The van der Waals surface area contributed by atoms with Gasteiger partial charge in [0.25, 0.3) is 5.91 Å². The van der Waals surface area contributed by atoms with Gasteiger partial charge in [-0.2, -0.15) is 0 Å². The third-order valence-corrected chi connectivity index (χ3v) is 4.05. The quantitative estimate of drug-likeness (QED) is 0.662. The van der Waals surface area contributed by atoms with E-state index in [-0.39, 0.29) is 10.9 Å². The van der Waals surface area contributed by atoms with Gasteiger partial charge >= 0.3 is 0 Å². The Balaban J connectivity index is 1.67. The van der Waals surface area contributed by atoms with Gasteiger partial charge in [0.15, 0.2) is 0 Å². The zero-order chi connectivity index (χ0) is 18.5. The first-order valence-electron chi connectivity index (χ1n) is 8.03. The molecule has 2 N–H and O–H groups in total. The lowest BCUT2D eigenvalue weighted by atomic mass is 10.1. The minimum Gasteiger partial charge on any atom is -0.366 e. The Hall–Kier alpha value is -2.92. The first kappa shape index (κ1) is 17.9. The molecule has 0 aliphatic rings. The van der Waals surface area contributed by atoms with Crippen LogP contribution in [-0.2, 0) is 6.54 Å². The van der Waals surface area contributed by atoms with Crippen molar-refractivity contribution in [3.05, 3.63) is 88.3 Å². The fraction of sp³-hybridized carbons (Fsp3) is 0.100. The number of anilines is 2. The number of rotatable bonds is 5. The Morgan fingerprint density at radius 3 is 2.77 bits per heavy atom. The normalized spacial score (nSPS) is 10.4. The van der Waals surface area contributed by atoms with E-state index in [1.807, 2.05) is 25.1 Å². The highest BCUT2D eigenvalue weighted by molar-refractivity contribution is 6.31. The summed E-state index contributed by atoms with van der Waals surface area (Å²) < 4.78 is 13.2. The van der Waals surface area contributed by atoms with E-state index in [0.29, 0.717) is 23.6 Å². The lowest BCUT2D eigenvalue weighted by Crippen LogP contribution is -2.13. The van der Waals surface area contributed by atoms with E-state index in [2.05, 4.69) is 21.7 Å². The van der Waals surface area contributed by atoms with Gasteiger partial charge in [0, 0.05) is 24.0 Å². The maximum absolute atomic E-state index is 13.2. The fourth-order valence-corrected chi connectivity index (χ4v) is 2.64. The molecular weight excluding hydrogens is 353 g/mol. The maximum atomic E-state index is 13.2. The zero-order valence-corrected chi connectivity index (χ0v) is 14.8. The van der Waals surface area contributed by atoms with Crippen molar-refractivity contribution in [2.45, 2.75) is 13.5 Å². The van der Waals surface area contributed by atoms with Crippen LogP contribution in [0.25, 0.3) is 0 Å². The molecule has 1 amide bonds. The van der Waals surface area contributed by atoms with Gasteiger partial charge in [0.2, 0.25) is 0 Å². The third kappa shape index (κ3) is 4.58. The van der Waals surface area contributed by atoms with Crippen LogP contribution in [0.5, 0.6) is 0 Å². The molecular formula is C20H17ClFN3O. The van der Waals surface area contributed by atoms with E-state index in [9.17, 15) is 9.18 Å². The Bertz CT molecular complexity index is 946. The molecule has 6 heteroatoms. The van der Waals surface area contributed by atoms with Crippen molar-refractivity contribution in [2.75, 3.05) is 10.6 Å². The number of nitrogens with one attached hydrogen (secondary N) is 2. The molecule has 1 aromatic heterocycles. The van der Waals surface area contributed by atoms with Gasteiger partial charge in [-0.1, -0.05) is 41.4 Å². The summed E-state index contributed by atoms with van der Waals surface area (Å²) in [6.45, 7) is 2.64. The summed E-state index contributed by atoms with van der Waals surface area (Å²) in [4.78, 5) is 16.6. The summed E-state index contributed by atoms with van der Waals surface area (Å²) in [5.41, 5.74) is 3.17. The van der Waals surface area contributed by atoms with Crippen LogP contribution >= 0.6 is 11.6 Å². The van der Waals surface area contributed by atoms with E-state index < -0.39 is 5.82 Å². The van der Waals surface area contributed by atoms with Crippen LogP contribution < -0.4 is 10.6 Å². The van der Waals surface area contributed by atoms with E-state index in [4.69, 9.17) is 11.6 Å². The number of hydrogen-bond acceptors (Lipinski definition) is 3. The topological polar surface area (TPSA) is 54.0 Å². The Kier molecular flexibility index (Phi) is 5.49. The van der Waals surface area contributed by atoms with Crippen molar-refractivity contribution in [1.29, 1.82) is 0 Å². The number of carbonyl (C=O) groups is 1. The standard InChI is InChI=1S/C20H17ClFN3O/c1-13-3-2-4-14(9-13)12-24-19-10-15(7-8-23-19)20(26)25-16-5-6-18(22)17(21)11-16/h2-11H,12H2,1H3,(H,23,24)(H,25,26). The molecule has 0 fully saturated rings. The van der Waals surface area contributed by atoms with Crippen molar-refractivity contribution < 1.29 is 9.18 Å². The number of pyridine rings is 1. The van der Waals surface area contributed by atoms with Crippen LogP contribution in [0.15, 0.2) is 60.8 Å². The predicted octanol–water partition coefficient (Wildman–Crippen LogP) is 5.05. The monoisotopic (exact) mass is 369 g/mol. The number of carbonyl (C=O) groups excluding carboxylic acids is 1. The second-order valence-electron chi connectivity index (χ2n) is 5.86. The molecule has 26 heavy (non-hydrogen) atoms. The first-order chi connectivity index (χ1) is 12.5. The van der Waals surface area contributed by atoms with Crippen LogP contribution in [-0.4, -0.2) is 10.9 Å². The van der Waals surface area contributed by atoms with E-state index in [0.717, 1.165) is 5.56 Å². The fourth-order valence-electron chi connectivity index (χ4n) is 2.46. The lowest BCUT2D eigenvalue weighted by Gasteiger charge is -2.09. The van der Waals surface area contributed by atoms with Crippen molar-refractivity contribution in [3.63, 3.8) is 0 Å². The van der Waals surface area contributed by atoms with E-state index in [1.165, 1.54) is 23.8 Å². The molecule has 0 saturated carbocycles. The molecule has 4 nitrogen and oxygen atoms in total. The number of nitrogens with zero attached hydrogens (tertiary/aromatic N) is 1. The molecule has 0 unspecified atom stereocenters. The van der Waals surface area contributed by atoms with Gasteiger partial charge in [-0.15, -0.1) is 0 Å². The van der Waals surface area contributed by atoms with Gasteiger partial charge in [-0.25, -0.2) is 9.37 Å². The van der Waals surface area contributed by atoms with Crippen LogP contribution in [0.1, 0.15) is 21.5 Å². The summed E-state index contributed by atoms with van der Waals surface area (Å²) >= 11 is 5.73. The zero-order valence-electron chi connectivity index (χ0n) is 14.1. The van der Waals surface area contributed by atoms with Crippen molar-refractivity contribution in [1.82, 2.24) is 4.98 Å². The van der Waals surface area contributed by atoms with Gasteiger partial charge in [-0.3, -0.25) is 4.79 Å². The van der Waals surface area contributed by atoms with E-state index >= 15 is 0 Å². The molecule has 0 saturated heterocycles. The van der Waals surface area contributed by atoms with Gasteiger partial charge in [0.05, 0.1) is 5.02 Å². The van der Waals surface area contributed by atoms with Crippen molar-refractivity contribution in [3.8, 4) is 0 Å². The minimum absolute atomic E-state index is 0.0435. The minimum atomic E-state index is -0.531. The molecule has 3 rings (SSSR count). The molecule has 2 aromatic carbocycles. The highest BCUT2D eigenvalue weighted by atomic mass is 35.5. The first-order valence-corrected chi connectivity index (χ1v) is 8.41. The largest absolute Gasteiger partial charge is 0.366 e. The average molecular weight is 370 g/mol. The highest BCUT2D eigenvalue weighted by Gasteiger charge is 2.09. The van der Waals surface area contributed by atoms with Crippen LogP contribution in [0, 0.1) is 12.7 Å².